The Labute approximate surface area is 148 Å². The molecule has 2 aromatic heterocycles. The van der Waals surface area contributed by atoms with Gasteiger partial charge in [-0.3, -0.25) is 19.2 Å². The van der Waals surface area contributed by atoms with E-state index in [0.717, 1.165) is 23.4 Å². The Kier molecular flexibility index (Phi) is 4.95. The van der Waals surface area contributed by atoms with Crippen molar-refractivity contribution in [3.05, 3.63) is 70.0 Å². The van der Waals surface area contributed by atoms with Crippen molar-refractivity contribution in [3.8, 4) is 0 Å². The van der Waals surface area contributed by atoms with Gasteiger partial charge in [0.15, 0.2) is 0 Å². The van der Waals surface area contributed by atoms with Crippen LogP contribution >= 0.6 is 0 Å². The molecule has 5 heteroatoms. The predicted molar refractivity (Wildman–Crippen MR) is 101 cm³/mol. The lowest BCUT2D eigenvalue weighted by Crippen LogP contribution is -2.36. The average molecular weight is 336 g/mol. The molecule has 2 heterocycles. The van der Waals surface area contributed by atoms with Gasteiger partial charge >= 0.3 is 0 Å². The summed E-state index contributed by atoms with van der Waals surface area (Å²) in [5, 5.41) is 0.663. The minimum atomic E-state index is 0.00961. The summed E-state index contributed by atoms with van der Waals surface area (Å²) in [6.07, 6.45) is 1.64. The lowest BCUT2D eigenvalue weighted by atomic mass is 10.2. The first-order valence-corrected chi connectivity index (χ1v) is 8.52. The molecule has 3 rings (SSSR count). The zero-order valence-corrected chi connectivity index (χ0v) is 15.2. The van der Waals surface area contributed by atoms with Crippen LogP contribution in [-0.4, -0.2) is 32.5 Å². The second-order valence-corrected chi connectivity index (χ2v) is 6.76. The fourth-order valence-electron chi connectivity index (χ4n) is 3.08. The van der Waals surface area contributed by atoms with E-state index in [4.69, 9.17) is 0 Å². The summed E-state index contributed by atoms with van der Waals surface area (Å²) < 4.78 is 1.69. The summed E-state index contributed by atoms with van der Waals surface area (Å²) in [5.74, 6) is 0. The van der Waals surface area contributed by atoms with Crippen LogP contribution < -0.4 is 5.56 Å². The summed E-state index contributed by atoms with van der Waals surface area (Å²) >= 11 is 0. The molecule has 0 saturated carbocycles. The van der Waals surface area contributed by atoms with Gasteiger partial charge in [0, 0.05) is 24.8 Å². The first kappa shape index (κ1) is 17.3. The standard InChI is InChI=1S/C20H24N4O/c1-14-9-15(2)22-17(10-14)12-23(4)16(3)11-24-13-21-19-8-6-5-7-18(19)20(24)25/h5-10,13,16H,11-12H2,1-4H3/t16-/m1/s1. The average Bonchev–Trinajstić information content (AvgIpc) is 2.56. The molecule has 0 amide bonds. The molecule has 0 saturated heterocycles. The van der Waals surface area contributed by atoms with Gasteiger partial charge in [0.2, 0.25) is 0 Å². The lowest BCUT2D eigenvalue weighted by molar-refractivity contribution is 0.223. The smallest absolute Gasteiger partial charge is 0.261 e. The van der Waals surface area contributed by atoms with Crippen LogP contribution in [-0.2, 0) is 13.1 Å². The molecule has 0 fully saturated rings. The third-order valence-electron chi connectivity index (χ3n) is 4.51. The summed E-state index contributed by atoms with van der Waals surface area (Å²) in [4.78, 5) is 23.8. The van der Waals surface area contributed by atoms with Crippen molar-refractivity contribution in [2.24, 2.45) is 0 Å². The SMILES string of the molecule is Cc1cc(C)nc(CN(C)[C@H](C)Cn2cnc3ccccc3c2=O)c1. The summed E-state index contributed by atoms with van der Waals surface area (Å²) in [6, 6.07) is 11.8. The highest BCUT2D eigenvalue weighted by molar-refractivity contribution is 5.76. The Morgan fingerprint density at radius 2 is 1.96 bits per heavy atom. The van der Waals surface area contributed by atoms with Crippen molar-refractivity contribution < 1.29 is 0 Å². The van der Waals surface area contributed by atoms with Crippen molar-refractivity contribution in [1.29, 1.82) is 0 Å². The number of aryl methyl sites for hydroxylation is 2. The van der Waals surface area contributed by atoms with Crippen LogP contribution in [0.3, 0.4) is 0 Å². The van der Waals surface area contributed by atoms with E-state index in [1.165, 1.54) is 5.56 Å². The molecular formula is C20H24N4O. The number of hydrogen-bond acceptors (Lipinski definition) is 4. The maximum absolute atomic E-state index is 12.6. The molecule has 5 nitrogen and oxygen atoms in total. The molecule has 0 radical (unpaired) electrons. The van der Waals surface area contributed by atoms with E-state index >= 15 is 0 Å². The minimum Gasteiger partial charge on any atom is -0.297 e. The molecular weight excluding hydrogens is 312 g/mol. The van der Waals surface area contributed by atoms with Crippen molar-refractivity contribution in [3.63, 3.8) is 0 Å². The normalized spacial score (nSPS) is 12.7. The van der Waals surface area contributed by atoms with Crippen molar-refractivity contribution >= 4 is 10.9 Å². The Morgan fingerprint density at radius 3 is 2.72 bits per heavy atom. The number of pyridine rings is 1. The number of hydrogen-bond donors (Lipinski definition) is 0. The number of rotatable bonds is 5. The van der Waals surface area contributed by atoms with Gasteiger partial charge in [-0.25, -0.2) is 4.98 Å². The minimum absolute atomic E-state index is 0.00961. The Bertz CT molecular complexity index is 928. The molecule has 130 valence electrons. The highest BCUT2D eigenvalue weighted by Crippen LogP contribution is 2.10. The third-order valence-corrected chi connectivity index (χ3v) is 4.51. The Balaban J connectivity index is 1.76. The van der Waals surface area contributed by atoms with E-state index in [1.54, 1.807) is 10.9 Å². The monoisotopic (exact) mass is 336 g/mol. The largest absolute Gasteiger partial charge is 0.297 e. The highest BCUT2D eigenvalue weighted by atomic mass is 16.1. The Morgan fingerprint density at radius 1 is 1.20 bits per heavy atom. The Hall–Kier alpha value is -2.53. The zero-order valence-electron chi connectivity index (χ0n) is 15.2. The fraction of sp³-hybridized carbons (Fsp3) is 0.350. The van der Waals surface area contributed by atoms with Gasteiger partial charge in [0.05, 0.1) is 22.9 Å². The third kappa shape index (κ3) is 3.94. The summed E-state index contributed by atoms with van der Waals surface area (Å²) in [6.45, 7) is 7.56. The molecule has 25 heavy (non-hydrogen) atoms. The topological polar surface area (TPSA) is 51.0 Å². The van der Waals surface area contributed by atoms with E-state index in [-0.39, 0.29) is 11.6 Å². The predicted octanol–water partition coefficient (Wildman–Crippen LogP) is 2.93. The molecule has 0 aliphatic heterocycles. The highest BCUT2D eigenvalue weighted by Gasteiger charge is 2.13. The zero-order chi connectivity index (χ0) is 18.0. The van der Waals surface area contributed by atoms with Gasteiger partial charge in [-0.2, -0.15) is 0 Å². The summed E-state index contributed by atoms with van der Waals surface area (Å²) in [5.41, 5.74) is 4.06. The molecule has 1 aromatic carbocycles. The van der Waals surface area contributed by atoms with Gasteiger partial charge in [0.1, 0.15) is 0 Å². The second kappa shape index (κ2) is 7.15. The van der Waals surface area contributed by atoms with Crippen LogP contribution in [0.4, 0.5) is 0 Å². The van der Waals surface area contributed by atoms with Crippen LogP contribution in [0.5, 0.6) is 0 Å². The van der Waals surface area contributed by atoms with Gasteiger partial charge in [-0.05, 0) is 57.6 Å². The number of likely N-dealkylation sites (N-methyl/N-ethyl adjacent to an activating group) is 1. The number of fused-ring (bicyclic) bond motifs is 1. The van der Waals surface area contributed by atoms with E-state index in [0.29, 0.717) is 11.9 Å². The molecule has 1 atom stereocenters. The van der Waals surface area contributed by atoms with E-state index in [1.807, 2.05) is 31.2 Å². The van der Waals surface area contributed by atoms with E-state index in [2.05, 4.69) is 47.9 Å². The van der Waals surface area contributed by atoms with Gasteiger partial charge in [-0.1, -0.05) is 12.1 Å². The molecule has 0 aliphatic carbocycles. The van der Waals surface area contributed by atoms with E-state index < -0.39 is 0 Å². The van der Waals surface area contributed by atoms with Crippen LogP contribution in [0, 0.1) is 13.8 Å². The van der Waals surface area contributed by atoms with Crippen LogP contribution in [0.15, 0.2) is 47.5 Å². The lowest BCUT2D eigenvalue weighted by Gasteiger charge is -2.25. The number of aromatic nitrogens is 3. The molecule has 0 bridgehead atoms. The van der Waals surface area contributed by atoms with Gasteiger partial charge in [0.25, 0.3) is 5.56 Å². The molecule has 3 aromatic rings. The van der Waals surface area contributed by atoms with Crippen LogP contribution in [0.2, 0.25) is 0 Å². The first-order valence-electron chi connectivity index (χ1n) is 8.52. The molecule has 0 N–H and O–H groups in total. The number of nitrogens with zero attached hydrogens (tertiary/aromatic N) is 4. The maximum Gasteiger partial charge on any atom is 0.261 e. The van der Waals surface area contributed by atoms with Crippen molar-refractivity contribution in [1.82, 2.24) is 19.4 Å². The van der Waals surface area contributed by atoms with Gasteiger partial charge < -0.3 is 0 Å². The molecule has 0 aliphatic rings. The van der Waals surface area contributed by atoms with Crippen LogP contribution in [0.25, 0.3) is 10.9 Å². The van der Waals surface area contributed by atoms with Gasteiger partial charge in [-0.15, -0.1) is 0 Å². The quantitative estimate of drug-likeness (QED) is 0.719. The fourth-order valence-corrected chi connectivity index (χ4v) is 3.08. The van der Waals surface area contributed by atoms with Crippen molar-refractivity contribution in [2.45, 2.75) is 39.9 Å². The second-order valence-electron chi connectivity index (χ2n) is 6.76. The molecule has 0 spiro atoms. The number of benzene rings is 1. The first-order chi connectivity index (χ1) is 11.9. The van der Waals surface area contributed by atoms with E-state index in [9.17, 15) is 4.79 Å². The summed E-state index contributed by atoms with van der Waals surface area (Å²) in [7, 11) is 2.06. The molecule has 0 unspecified atom stereocenters. The maximum atomic E-state index is 12.6. The van der Waals surface area contributed by atoms with Crippen molar-refractivity contribution in [2.75, 3.05) is 7.05 Å². The number of para-hydroxylation sites is 1. The van der Waals surface area contributed by atoms with Crippen LogP contribution in [0.1, 0.15) is 23.9 Å².